The molecule has 0 saturated carbocycles. The van der Waals surface area contributed by atoms with Crippen molar-refractivity contribution in [3.63, 3.8) is 0 Å². The van der Waals surface area contributed by atoms with Crippen molar-refractivity contribution in [2.45, 2.75) is 19.4 Å². The summed E-state index contributed by atoms with van der Waals surface area (Å²) in [6.45, 7) is 1.04. The molecular formula is C15H17N3O4. The molecule has 0 radical (unpaired) electrons. The number of hydrogen-bond acceptors (Lipinski definition) is 3. The molecule has 0 aliphatic rings. The first-order chi connectivity index (χ1) is 10.5. The van der Waals surface area contributed by atoms with E-state index in [-0.39, 0.29) is 18.9 Å². The average Bonchev–Trinajstić information content (AvgIpc) is 2.87. The number of rotatable bonds is 6. The van der Waals surface area contributed by atoms with Gasteiger partial charge in [-0.2, -0.15) is 0 Å². The van der Waals surface area contributed by atoms with E-state index in [4.69, 9.17) is 0 Å². The van der Waals surface area contributed by atoms with E-state index in [9.17, 15) is 19.5 Å². The number of aromatic amines is 1. The van der Waals surface area contributed by atoms with Crippen LogP contribution in [0, 0.1) is 0 Å². The van der Waals surface area contributed by atoms with Crippen molar-refractivity contribution in [3.8, 4) is 0 Å². The Labute approximate surface area is 126 Å². The number of aromatic nitrogens is 1. The molecule has 1 aromatic heterocycles. The number of hydrogen-bond donors (Lipinski definition) is 4. The lowest BCUT2D eigenvalue weighted by Gasteiger charge is -2.14. The van der Waals surface area contributed by atoms with Gasteiger partial charge >= 0.3 is 5.97 Å². The number of carbonyl (C=O) groups excluding carboxylic acids is 2. The number of para-hydroxylation sites is 1. The van der Waals surface area contributed by atoms with Crippen molar-refractivity contribution in [2.24, 2.45) is 0 Å². The molecule has 0 aliphatic heterocycles. The second-order valence-corrected chi connectivity index (χ2v) is 4.93. The lowest BCUT2D eigenvalue weighted by Crippen LogP contribution is -2.46. The van der Waals surface area contributed by atoms with Crippen LogP contribution in [0.2, 0.25) is 0 Å². The van der Waals surface area contributed by atoms with Crippen LogP contribution in [0.4, 0.5) is 0 Å². The summed E-state index contributed by atoms with van der Waals surface area (Å²) in [6, 6.07) is 6.47. The predicted octanol–water partition coefficient (Wildman–Crippen LogP) is 0.416. The second-order valence-electron chi connectivity index (χ2n) is 4.93. The van der Waals surface area contributed by atoms with Crippen molar-refractivity contribution in [3.05, 3.63) is 36.0 Å². The van der Waals surface area contributed by atoms with Crippen LogP contribution in [0.25, 0.3) is 10.9 Å². The minimum atomic E-state index is -1.12. The van der Waals surface area contributed by atoms with Crippen molar-refractivity contribution in [1.29, 1.82) is 0 Å². The number of amides is 2. The molecule has 0 saturated heterocycles. The third-order valence-corrected chi connectivity index (χ3v) is 3.23. The predicted molar refractivity (Wildman–Crippen MR) is 80.3 cm³/mol. The molecule has 1 heterocycles. The highest BCUT2D eigenvalue weighted by Gasteiger charge is 2.21. The minimum Gasteiger partial charge on any atom is -0.480 e. The smallest absolute Gasteiger partial charge is 0.326 e. The molecule has 0 bridgehead atoms. The summed E-state index contributed by atoms with van der Waals surface area (Å²) in [7, 11) is 0. The van der Waals surface area contributed by atoms with Crippen LogP contribution >= 0.6 is 0 Å². The van der Waals surface area contributed by atoms with Gasteiger partial charge in [-0.3, -0.25) is 9.59 Å². The van der Waals surface area contributed by atoms with Gasteiger partial charge < -0.3 is 20.7 Å². The van der Waals surface area contributed by atoms with Gasteiger partial charge in [0.15, 0.2) is 0 Å². The number of nitrogens with one attached hydrogen (secondary N) is 3. The van der Waals surface area contributed by atoms with Gasteiger partial charge in [0.25, 0.3) is 0 Å². The first-order valence-electron chi connectivity index (χ1n) is 6.79. The third kappa shape index (κ3) is 3.85. The van der Waals surface area contributed by atoms with Crippen molar-refractivity contribution < 1.29 is 19.5 Å². The maximum Gasteiger partial charge on any atom is 0.326 e. The van der Waals surface area contributed by atoms with E-state index >= 15 is 0 Å². The Bertz CT molecular complexity index is 708. The lowest BCUT2D eigenvalue weighted by molar-refractivity contribution is -0.141. The summed E-state index contributed by atoms with van der Waals surface area (Å²) >= 11 is 0. The Morgan fingerprint density at radius 2 is 2.00 bits per heavy atom. The normalized spacial score (nSPS) is 11.9. The van der Waals surface area contributed by atoms with Crippen LogP contribution < -0.4 is 10.6 Å². The number of carboxylic acid groups (broad SMARTS) is 1. The SMILES string of the molecule is CC(=O)NCC(=O)N[C@@H](Cc1c[nH]c2ccccc12)C(=O)O. The summed E-state index contributed by atoms with van der Waals surface area (Å²) in [5.74, 6) is -2.01. The highest BCUT2D eigenvalue weighted by molar-refractivity contribution is 5.88. The van der Waals surface area contributed by atoms with E-state index < -0.39 is 17.9 Å². The molecule has 7 nitrogen and oxygen atoms in total. The molecule has 7 heteroatoms. The van der Waals surface area contributed by atoms with Gasteiger partial charge in [0.1, 0.15) is 6.04 Å². The van der Waals surface area contributed by atoms with Crippen LogP contribution in [0.3, 0.4) is 0 Å². The number of benzene rings is 1. The molecule has 4 N–H and O–H groups in total. The largest absolute Gasteiger partial charge is 0.480 e. The molecule has 0 spiro atoms. The molecule has 2 aromatic rings. The van der Waals surface area contributed by atoms with Gasteiger partial charge in [0.2, 0.25) is 11.8 Å². The second kappa shape index (κ2) is 6.75. The van der Waals surface area contributed by atoms with E-state index in [1.54, 1.807) is 6.20 Å². The molecule has 1 aromatic carbocycles. The Balaban J connectivity index is 2.07. The first-order valence-corrected chi connectivity index (χ1v) is 6.79. The molecular weight excluding hydrogens is 286 g/mol. The van der Waals surface area contributed by atoms with Crippen LogP contribution in [0.15, 0.2) is 30.5 Å². The van der Waals surface area contributed by atoms with Crippen molar-refractivity contribution >= 4 is 28.7 Å². The standard InChI is InChI=1S/C15H17N3O4/c1-9(19)16-8-14(20)18-13(15(21)22)6-10-7-17-12-5-3-2-4-11(10)12/h2-5,7,13,17H,6,8H2,1H3,(H,16,19)(H,18,20)(H,21,22)/t13-/m0/s1. The Morgan fingerprint density at radius 1 is 1.27 bits per heavy atom. The quantitative estimate of drug-likeness (QED) is 0.619. The maximum absolute atomic E-state index is 11.7. The summed E-state index contributed by atoms with van der Waals surface area (Å²) in [5.41, 5.74) is 1.72. The summed E-state index contributed by atoms with van der Waals surface area (Å²) < 4.78 is 0. The highest BCUT2D eigenvalue weighted by atomic mass is 16.4. The third-order valence-electron chi connectivity index (χ3n) is 3.23. The Hall–Kier alpha value is -2.83. The van der Waals surface area contributed by atoms with E-state index in [1.165, 1.54) is 6.92 Å². The summed E-state index contributed by atoms with van der Waals surface area (Å²) in [4.78, 5) is 36.8. The monoisotopic (exact) mass is 303 g/mol. The number of aliphatic carboxylic acids is 1. The minimum absolute atomic E-state index is 0.158. The Kier molecular flexibility index (Phi) is 4.77. The Morgan fingerprint density at radius 3 is 2.68 bits per heavy atom. The van der Waals surface area contributed by atoms with Gasteiger partial charge in [0, 0.05) is 30.4 Å². The molecule has 0 unspecified atom stereocenters. The average molecular weight is 303 g/mol. The van der Waals surface area contributed by atoms with Gasteiger partial charge in [-0.1, -0.05) is 18.2 Å². The van der Waals surface area contributed by atoms with Crippen LogP contribution in [0.1, 0.15) is 12.5 Å². The van der Waals surface area contributed by atoms with E-state index in [0.717, 1.165) is 16.5 Å². The maximum atomic E-state index is 11.7. The van der Waals surface area contributed by atoms with Crippen LogP contribution in [-0.2, 0) is 20.8 Å². The fourth-order valence-electron chi connectivity index (χ4n) is 2.17. The number of H-pyrrole nitrogens is 1. The van der Waals surface area contributed by atoms with Crippen LogP contribution in [-0.4, -0.2) is 40.5 Å². The molecule has 0 fully saturated rings. The summed E-state index contributed by atoms with van der Waals surface area (Å²) in [5, 5.41) is 14.9. The molecule has 2 rings (SSSR count). The molecule has 116 valence electrons. The van der Waals surface area contributed by atoms with Crippen LogP contribution in [0.5, 0.6) is 0 Å². The van der Waals surface area contributed by atoms with Crippen molar-refractivity contribution in [1.82, 2.24) is 15.6 Å². The van der Waals surface area contributed by atoms with Gasteiger partial charge in [-0.15, -0.1) is 0 Å². The number of fused-ring (bicyclic) bond motifs is 1. The fourth-order valence-corrected chi connectivity index (χ4v) is 2.17. The molecule has 1 atom stereocenters. The fraction of sp³-hybridized carbons (Fsp3) is 0.267. The van der Waals surface area contributed by atoms with Gasteiger partial charge in [0.05, 0.1) is 6.54 Å². The van der Waals surface area contributed by atoms with Gasteiger partial charge in [-0.25, -0.2) is 4.79 Å². The topological polar surface area (TPSA) is 111 Å². The molecule has 2 amide bonds. The van der Waals surface area contributed by atoms with E-state index in [1.807, 2.05) is 24.3 Å². The zero-order chi connectivity index (χ0) is 16.1. The zero-order valence-corrected chi connectivity index (χ0v) is 12.1. The lowest BCUT2D eigenvalue weighted by atomic mass is 10.1. The number of carbonyl (C=O) groups is 3. The van der Waals surface area contributed by atoms with Gasteiger partial charge in [-0.05, 0) is 11.6 Å². The van der Waals surface area contributed by atoms with Crippen molar-refractivity contribution in [2.75, 3.05) is 6.54 Å². The highest BCUT2D eigenvalue weighted by Crippen LogP contribution is 2.19. The summed E-state index contributed by atoms with van der Waals surface area (Å²) in [6.07, 6.45) is 1.89. The number of carboxylic acids is 1. The first kappa shape index (κ1) is 15.6. The van der Waals surface area contributed by atoms with E-state index in [2.05, 4.69) is 15.6 Å². The zero-order valence-electron chi connectivity index (χ0n) is 12.1. The molecule has 0 aliphatic carbocycles. The molecule has 22 heavy (non-hydrogen) atoms. The van der Waals surface area contributed by atoms with E-state index in [0.29, 0.717) is 0 Å².